The first kappa shape index (κ1) is 13.5. The van der Waals surface area contributed by atoms with Crippen molar-refractivity contribution in [1.82, 2.24) is 0 Å². The van der Waals surface area contributed by atoms with Crippen LogP contribution in [0.5, 0.6) is 0 Å². The Kier molecular flexibility index (Phi) is 4.51. The van der Waals surface area contributed by atoms with Gasteiger partial charge in [-0.25, -0.2) is 0 Å². The van der Waals surface area contributed by atoms with Gasteiger partial charge < -0.3 is 0 Å². The highest BCUT2D eigenvalue weighted by atomic mass is 16.1. The predicted octanol–water partition coefficient (Wildman–Crippen LogP) is 3.91. The molecule has 1 heteroatoms. The number of Topliss-reactive ketones (excluding diaryl/α,β-unsaturated/α-hetero) is 1. The Morgan fingerprint density at radius 1 is 0.789 bits per heavy atom. The fraction of sp³-hybridized carbons (Fsp3) is 0.278. The number of aryl methyl sites for hydroxylation is 2. The van der Waals surface area contributed by atoms with E-state index in [2.05, 4.69) is 50.2 Å². The van der Waals surface area contributed by atoms with E-state index in [-0.39, 0.29) is 5.78 Å². The molecule has 0 radical (unpaired) electrons. The van der Waals surface area contributed by atoms with Crippen LogP contribution >= 0.6 is 0 Å². The molecule has 2 rings (SSSR count). The molecule has 0 aliphatic rings. The minimum absolute atomic E-state index is 0.271. The zero-order chi connectivity index (χ0) is 13.7. The Bertz CT molecular complexity index is 535. The first-order chi connectivity index (χ1) is 9.17. The maximum absolute atomic E-state index is 12.0. The van der Waals surface area contributed by atoms with E-state index in [4.69, 9.17) is 0 Å². The van der Waals surface area contributed by atoms with Crippen LogP contribution < -0.4 is 0 Å². The third-order valence-electron chi connectivity index (χ3n) is 3.35. The summed E-state index contributed by atoms with van der Waals surface area (Å²) in [6.45, 7) is 4.19. The molecular formula is C18H20O. The van der Waals surface area contributed by atoms with Gasteiger partial charge in [0.1, 0.15) is 5.78 Å². The van der Waals surface area contributed by atoms with Gasteiger partial charge in [0.25, 0.3) is 0 Å². The van der Waals surface area contributed by atoms with Crippen molar-refractivity contribution in [3.63, 3.8) is 0 Å². The Balaban J connectivity index is 1.95. The third-order valence-corrected chi connectivity index (χ3v) is 3.35. The van der Waals surface area contributed by atoms with E-state index in [1.165, 1.54) is 11.1 Å². The Hall–Kier alpha value is -1.89. The van der Waals surface area contributed by atoms with Gasteiger partial charge >= 0.3 is 0 Å². The first-order valence-corrected chi connectivity index (χ1v) is 6.82. The quantitative estimate of drug-likeness (QED) is 0.788. The van der Waals surface area contributed by atoms with Gasteiger partial charge in [-0.05, 0) is 30.0 Å². The average Bonchev–Trinajstić information content (AvgIpc) is 2.42. The van der Waals surface area contributed by atoms with Crippen LogP contribution in [0.15, 0.2) is 48.5 Å². The second-order valence-corrected chi connectivity index (χ2v) is 5.05. The standard InChI is InChI=1S/C18H20O/c1-3-15-8-10-17(11-9-15)13-18(19)12-16-6-4-14(2)5-7-16/h4-11H,3,12-13H2,1-2H3. The van der Waals surface area contributed by atoms with E-state index in [1.807, 2.05) is 12.1 Å². The fourth-order valence-electron chi connectivity index (χ4n) is 2.12. The van der Waals surface area contributed by atoms with E-state index < -0.39 is 0 Å². The highest BCUT2D eigenvalue weighted by Crippen LogP contribution is 2.09. The molecule has 0 unspecified atom stereocenters. The summed E-state index contributed by atoms with van der Waals surface area (Å²) in [5.41, 5.74) is 4.75. The molecule has 0 heterocycles. The van der Waals surface area contributed by atoms with Gasteiger partial charge in [0.2, 0.25) is 0 Å². The van der Waals surface area contributed by atoms with Crippen LogP contribution in [0.25, 0.3) is 0 Å². The van der Waals surface area contributed by atoms with Crippen molar-refractivity contribution in [2.75, 3.05) is 0 Å². The third kappa shape index (κ3) is 4.06. The van der Waals surface area contributed by atoms with Crippen molar-refractivity contribution < 1.29 is 4.79 Å². The molecule has 0 spiro atoms. The minimum Gasteiger partial charge on any atom is -0.299 e. The number of carbonyl (C=O) groups is 1. The zero-order valence-corrected chi connectivity index (χ0v) is 11.6. The zero-order valence-electron chi connectivity index (χ0n) is 11.6. The van der Waals surface area contributed by atoms with Crippen molar-refractivity contribution in [3.8, 4) is 0 Å². The molecule has 2 aromatic carbocycles. The van der Waals surface area contributed by atoms with Gasteiger partial charge in [-0.15, -0.1) is 0 Å². The molecule has 2 aromatic rings. The van der Waals surface area contributed by atoms with E-state index in [9.17, 15) is 4.79 Å². The normalized spacial score (nSPS) is 10.4. The lowest BCUT2D eigenvalue weighted by atomic mass is 10.0. The lowest BCUT2D eigenvalue weighted by Crippen LogP contribution is -2.06. The van der Waals surface area contributed by atoms with E-state index in [0.29, 0.717) is 12.8 Å². The van der Waals surface area contributed by atoms with Crippen molar-refractivity contribution in [3.05, 3.63) is 70.8 Å². The molecule has 0 atom stereocenters. The summed E-state index contributed by atoms with van der Waals surface area (Å²) >= 11 is 0. The van der Waals surface area contributed by atoms with Crippen LogP contribution in [-0.2, 0) is 24.1 Å². The van der Waals surface area contributed by atoms with E-state index >= 15 is 0 Å². The number of hydrogen-bond donors (Lipinski definition) is 0. The van der Waals surface area contributed by atoms with Gasteiger partial charge in [0.15, 0.2) is 0 Å². The second kappa shape index (κ2) is 6.33. The van der Waals surface area contributed by atoms with Crippen molar-refractivity contribution in [2.45, 2.75) is 33.1 Å². The van der Waals surface area contributed by atoms with Gasteiger partial charge in [-0.2, -0.15) is 0 Å². The van der Waals surface area contributed by atoms with Crippen LogP contribution in [0, 0.1) is 6.92 Å². The largest absolute Gasteiger partial charge is 0.299 e. The monoisotopic (exact) mass is 252 g/mol. The second-order valence-electron chi connectivity index (χ2n) is 5.05. The molecule has 0 fully saturated rings. The molecule has 0 amide bonds. The minimum atomic E-state index is 0.271. The maximum atomic E-state index is 12.0. The molecule has 0 aromatic heterocycles. The molecule has 0 aliphatic carbocycles. The fourth-order valence-corrected chi connectivity index (χ4v) is 2.12. The van der Waals surface area contributed by atoms with Crippen LogP contribution in [0.2, 0.25) is 0 Å². The number of carbonyl (C=O) groups excluding carboxylic acids is 1. The smallest absolute Gasteiger partial charge is 0.141 e. The van der Waals surface area contributed by atoms with Gasteiger partial charge in [0, 0.05) is 12.8 Å². The number of ketones is 1. The number of rotatable bonds is 5. The highest BCUT2D eigenvalue weighted by molar-refractivity contribution is 5.83. The number of hydrogen-bond acceptors (Lipinski definition) is 1. The van der Waals surface area contributed by atoms with Crippen LogP contribution in [0.4, 0.5) is 0 Å². The maximum Gasteiger partial charge on any atom is 0.141 e. The molecule has 0 aliphatic heterocycles. The lowest BCUT2D eigenvalue weighted by molar-refractivity contribution is -0.117. The average molecular weight is 252 g/mol. The first-order valence-electron chi connectivity index (χ1n) is 6.82. The summed E-state index contributed by atoms with van der Waals surface area (Å²) in [6, 6.07) is 16.5. The summed E-state index contributed by atoms with van der Waals surface area (Å²) in [5, 5.41) is 0. The summed E-state index contributed by atoms with van der Waals surface area (Å²) in [5.74, 6) is 0.271. The molecule has 0 saturated heterocycles. The van der Waals surface area contributed by atoms with Crippen molar-refractivity contribution in [2.24, 2.45) is 0 Å². The van der Waals surface area contributed by atoms with E-state index in [0.717, 1.165) is 17.5 Å². The number of benzene rings is 2. The lowest BCUT2D eigenvalue weighted by Gasteiger charge is -2.04. The Morgan fingerprint density at radius 3 is 1.68 bits per heavy atom. The molecule has 0 bridgehead atoms. The van der Waals surface area contributed by atoms with Gasteiger partial charge in [-0.3, -0.25) is 4.79 Å². The SMILES string of the molecule is CCc1ccc(CC(=O)Cc2ccc(C)cc2)cc1. The Morgan fingerprint density at radius 2 is 1.21 bits per heavy atom. The summed E-state index contributed by atoms with van der Waals surface area (Å²) in [7, 11) is 0. The molecule has 98 valence electrons. The topological polar surface area (TPSA) is 17.1 Å². The van der Waals surface area contributed by atoms with Crippen molar-refractivity contribution >= 4 is 5.78 Å². The molecule has 0 saturated carbocycles. The van der Waals surface area contributed by atoms with Gasteiger partial charge in [0.05, 0.1) is 0 Å². The summed E-state index contributed by atoms with van der Waals surface area (Å²) < 4.78 is 0. The summed E-state index contributed by atoms with van der Waals surface area (Å²) in [6.07, 6.45) is 2.09. The highest BCUT2D eigenvalue weighted by Gasteiger charge is 2.05. The van der Waals surface area contributed by atoms with Crippen LogP contribution in [0.1, 0.15) is 29.2 Å². The molecule has 0 N–H and O–H groups in total. The molecule has 19 heavy (non-hydrogen) atoms. The van der Waals surface area contributed by atoms with Gasteiger partial charge in [-0.1, -0.05) is 61.0 Å². The van der Waals surface area contributed by atoms with Crippen LogP contribution in [0.3, 0.4) is 0 Å². The molecule has 1 nitrogen and oxygen atoms in total. The van der Waals surface area contributed by atoms with Crippen molar-refractivity contribution in [1.29, 1.82) is 0 Å². The Labute approximate surface area is 115 Å². The van der Waals surface area contributed by atoms with Crippen LogP contribution in [-0.4, -0.2) is 5.78 Å². The molecular weight excluding hydrogens is 232 g/mol. The van der Waals surface area contributed by atoms with E-state index in [1.54, 1.807) is 0 Å². The predicted molar refractivity (Wildman–Crippen MR) is 79.4 cm³/mol. The summed E-state index contributed by atoms with van der Waals surface area (Å²) in [4.78, 5) is 12.0.